The van der Waals surface area contributed by atoms with Crippen LogP contribution in [0.15, 0.2) is 35.5 Å². The topological polar surface area (TPSA) is 56.7 Å². The van der Waals surface area contributed by atoms with Gasteiger partial charge < -0.3 is 5.84 Å². The Kier molecular flexibility index (Phi) is 4.80. The lowest BCUT2D eigenvalue weighted by Crippen LogP contribution is -2.18. The first-order chi connectivity index (χ1) is 10.3. The van der Waals surface area contributed by atoms with Crippen LogP contribution >= 0.6 is 11.8 Å². The number of nitrogen functional groups attached to an aromatic ring is 1. The van der Waals surface area contributed by atoms with E-state index in [9.17, 15) is 0 Å². The number of aryl methyl sites for hydroxylation is 1. The van der Waals surface area contributed by atoms with Crippen LogP contribution in [-0.4, -0.2) is 20.6 Å². The highest BCUT2D eigenvalue weighted by atomic mass is 32.2. The van der Waals surface area contributed by atoms with Crippen molar-refractivity contribution in [2.45, 2.75) is 49.6 Å². The molecular weight excluding hydrogens is 280 g/mol. The zero-order valence-corrected chi connectivity index (χ0v) is 13.1. The molecule has 0 atom stereocenters. The van der Waals surface area contributed by atoms with Crippen molar-refractivity contribution in [1.82, 2.24) is 14.9 Å². The van der Waals surface area contributed by atoms with Gasteiger partial charge in [-0.2, -0.15) is 0 Å². The van der Waals surface area contributed by atoms with Crippen molar-refractivity contribution >= 4 is 11.8 Å². The maximum atomic E-state index is 6.18. The van der Waals surface area contributed by atoms with E-state index >= 15 is 0 Å². The van der Waals surface area contributed by atoms with Gasteiger partial charge in [0.05, 0.1) is 0 Å². The van der Waals surface area contributed by atoms with Crippen LogP contribution in [0.5, 0.6) is 0 Å². The Hall–Kier alpha value is -1.49. The first-order valence-corrected chi connectivity index (χ1v) is 8.70. The first kappa shape index (κ1) is 14.4. The van der Waals surface area contributed by atoms with Crippen LogP contribution in [0.2, 0.25) is 0 Å². The molecule has 1 fully saturated rings. The quantitative estimate of drug-likeness (QED) is 0.679. The Labute approximate surface area is 130 Å². The molecule has 1 aromatic heterocycles. The minimum atomic E-state index is 0.500. The van der Waals surface area contributed by atoms with E-state index in [1.165, 1.54) is 37.7 Å². The molecule has 0 aliphatic heterocycles. The average molecular weight is 302 g/mol. The van der Waals surface area contributed by atoms with Crippen molar-refractivity contribution in [2.24, 2.45) is 0 Å². The third kappa shape index (κ3) is 3.59. The van der Waals surface area contributed by atoms with E-state index in [2.05, 4.69) is 34.5 Å². The average Bonchev–Trinajstić information content (AvgIpc) is 2.90. The molecule has 0 unspecified atom stereocenters. The molecule has 0 amide bonds. The molecule has 3 rings (SSSR count). The van der Waals surface area contributed by atoms with Crippen LogP contribution in [0.3, 0.4) is 0 Å². The molecule has 0 saturated heterocycles. The lowest BCUT2D eigenvalue weighted by atomic mass is 9.89. The molecule has 1 aliphatic rings. The van der Waals surface area contributed by atoms with E-state index in [4.69, 9.17) is 5.84 Å². The number of nitrogens with two attached hydrogens (primary N) is 1. The van der Waals surface area contributed by atoms with Crippen molar-refractivity contribution in [3.63, 3.8) is 0 Å². The summed E-state index contributed by atoms with van der Waals surface area (Å²) in [6, 6.07) is 10.5. The number of benzene rings is 1. The minimum Gasteiger partial charge on any atom is -0.336 e. The molecular formula is C16H22N4S. The van der Waals surface area contributed by atoms with E-state index in [-0.39, 0.29) is 0 Å². The summed E-state index contributed by atoms with van der Waals surface area (Å²) in [6.45, 7) is 0. The fourth-order valence-electron chi connectivity index (χ4n) is 2.93. The standard InChI is InChI=1S/C16H22N4S/c17-20-15(14-9-5-2-6-10-14)18-19-16(20)21-12-11-13-7-3-1-4-8-13/h1,3-4,7-8,14H,2,5-6,9-12,17H2. The van der Waals surface area contributed by atoms with Crippen LogP contribution in [0.25, 0.3) is 0 Å². The summed E-state index contributed by atoms with van der Waals surface area (Å²) < 4.78 is 1.71. The van der Waals surface area contributed by atoms with E-state index in [1.807, 2.05) is 6.07 Å². The lowest BCUT2D eigenvalue weighted by molar-refractivity contribution is 0.421. The Morgan fingerprint density at radius 1 is 1.10 bits per heavy atom. The molecule has 0 radical (unpaired) electrons. The number of hydrogen-bond donors (Lipinski definition) is 1. The first-order valence-electron chi connectivity index (χ1n) is 7.71. The molecule has 0 bridgehead atoms. The van der Waals surface area contributed by atoms with Gasteiger partial charge in [0.15, 0.2) is 5.82 Å². The fourth-order valence-corrected chi connectivity index (χ4v) is 3.78. The second-order valence-electron chi connectivity index (χ2n) is 5.63. The van der Waals surface area contributed by atoms with Gasteiger partial charge in [-0.3, -0.25) is 0 Å². The fraction of sp³-hybridized carbons (Fsp3) is 0.500. The second-order valence-corrected chi connectivity index (χ2v) is 6.69. The Morgan fingerprint density at radius 2 is 1.86 bits per heavy atom. The summed E-state index contributed by atoms with van der Waals surface area (Å²) >= 11 is 1.69. The molecule has 21 heavy (non-hydrogen) atoms. The molecule has 1 aromatic carbocycles. The predicted octanol–water partition coefficient (Wildman–Crippen LogP) is 3.37. The Bertz CT molecular complexity index is 561. The Balaban J connectivity index is 1.57. The number of rotatable bonds is 5. The van der Waals surface area contributed by atoms with Crippen molar-refractivity contribution in [3.8, 4) is 0 Å². The van der Waals surface area contributed by atoms with Gasteiger partial charge in [0.1, 0.15) is 0 Å². The van der Waals surface area contributed by atoms with E-state index in [1.54, 1.807) is 16.4 Å². The SMILES string of the molecule is Nn1c(SCCc2ccccc2)nnc1C1CCCCC1. The highest BCUT2D eigenvalue weighted by molar-refractivity contribution is 7.99. The van der Waals surface area contributed by atoms with Crippen LogP contribution < -0.4 is 5.84 Å². The summed E-state index contributed by atoms with van der Waals surface area (Å²) in [5.74, 6) is 8.63. The van der Waals surface area contributed by atoms with Crippen molar-refractivity contribution in [3.05, 3.63) is 41.7 Å². The summed E-state index contributed by atoms with van der Waals surface area (Å²) in [6.07, 6.45) is 7.33. The van der Waals surface area contributed by atoms with Gasteiger partial charge in [-0.25, -0.2) is 4.68 Å². The van der Waals surface area contributed by atoms with Gasteiger partial charge in [0, 0.05) is 11.7 Å². The number of thioether (sulfide) groups is 1. The Morgan fingerprint density at radius 3 is 2.62 bits per heavy atom. The van der Waals surface area contributed by atoms with E-state index in [0.29, 0.717) is 5.92 Å². The molecule has 1 heterocycles. The maximum Gasteiger partial charge on any atom is 0.209 e. The van der Waals surface area contributed by atoms with Crippen molar-refractivity contribution < 1.29 is 0 Å². The van der Waals surface area contributed by atoms with Crippen LogP contribution in [-0.2, 0) is 6.42 Å². The number of nitrogens with zero attached hydrogens (tertiary/aromatic N) is 3. The van der Waals surface area contributed by atoms with E-state index < -0.39 is 0 Å². The van der Waals surface area contributed by atoms with Gasteiger partial charge in [-0.1, -0.05) is 61.4 Å². The van der Waals surface area contributed by atoms with Crippen LogP contribution in [0.1, 0.15) is 49.4 Å². The molecule has 2 aromatic rings. The summed E-state index contributed by atoms with van der Waals surface area (Å²) in [5.41, 5.74) is 1.35. The second kappa shape index (κ2) is 6.98. The van der Waals surface area contributed by atoms with Gasteiger partial charge in [0.25, 0.3) is 0 Å². The van der Waals surface area contributed by atoms with Gasteiger partial charge in [-0.05, 0) is 24.8 Å². The number of aromatic nitrogens is 3. The maximum absolute atomic E-state index is 6.18. The normalized spacial score (nSPS) is 16.2. The van der Waals surface area contributed by atoms with Crippen LogP contribution in [0.4, 0.5) is 0 Å². The third-order valence-electron chi connectivity index (χ3n) is 4.13. The monoisotopic (exact) mass is 302 g/mol. The molecule has 112 valence electrons. The van der Waals surface area contributed by atoms with Crippen LogP contribution in [0, 0.1) is 0 Å². The van der Waals surface area contributed by atoms with Crippen molar-refractivity contribution in [1.29, 1.82) is 0 Å². The largest absolute Gasteiger partial charge is 0.336 e. The molecule has 0 spiro atoms. The zero-order valence-electron chi connectivity index (χ0n) is 12.2. The van der Waals surface area contributed by atoms with Gasteiger partial charge in [0.2, 0.25) is 5.16 Å². The molecule has 4 nitrogen and oxygen atoms in total. The highest BCUT2D eigenvalue weighted by Gasteiger charge is 2.22. The third-order valence-corrected chi connectivity index (χ3v) is 5.07. The zero-order chi connectivity index (χ0) is 14.5. The van der Waals surface area contributed by atoms with E-state index in [0.717, 1.165) is 23.2 Å². The molecule has 1 aliphatic carbocycles. The van der Waals surface area contributed by atoms with Gasteiger partial charge in [-0.15, -0.1) is 10.2 Å². The summed E-state index contributed by atoms with van der Waals surface area (Å²) in [4.78, 5) is 0. The molecule has 1 saturated carbocycles. The lowest BCUT2D eigenvalue weighted by Gasteiger charge is -2.20. The number of hydrogen-bond acceptors (Lipinski definition) is 4. The molecule has 2 N–H and O–H groups in total. The highest BCUT2D eigenvalue weighted by Crippen LogP contribution is 2.32. The summed E-state index contributed by atoms with van der Waals surface area (Å²) in [7, 11) is 0. The predicted molar refractivity (Wildman–Crippen MR) is 86.9 cm³/mol. The van der Waals surface area contributed by atoms with Crippen molar-refractivity contribution in [2.75, 3.05) is 11.6 Å². The molecule has 5 heteroatoms. The summed E-state index contributed by atoms with van der Waals surface area (Å²) in [5, 5.41) is 9.44. The smallest absolute Gasteiger partial charge is 0.209 e. The van der Waals surface area contributed by atoms with Gasteiger partial charge >= 0.3 is 0 Å². The minimum absolute atomic E-state index is 0.500.